The Hall–Kier alpha value is -2.92. The number of nitro groups is 1. The largest absolute Gasteiger partial charge is 0.468 e. The zero-order chi connectivity index (χ0) is 16.1. The van der Waals surface area contributed by atoms with E-state index in [1.807, 2.05) is 31.1 Å². The molecule has 8 heteroatoms. The molecule has 0 radical (unpaired) electrons. The Kier molecular flexibility index (Phi) is 4.70. The first-order valence-corrected chi connectivity index (χ1v) is 6.52. The average molecular weight is 301 g/mol. The van der Waals surface area contributed by atoms with Crippen LogP contribution in [0.15, 0.2) is 34.9 Å². The van der Waals surface area contributed by atoms with Crippen LogP contribution >= 0.6 is 0 Å². The summed E-state index contributed by atoms with van der Waals surface area (Å²) < 4.78 is 5.40. The lowest BCUT2D eigenvalue weighted by Gasteiger charge is -2.22. The molecule has 2 heterocycles. The molecule has 1 atom stereocenters. The van der Waals surface area contributed by atoms with E-state index < -0.39 is 4.92 Å². The lowest BCUT2D eigenvalue weighted by Crippen LogP contribution is -2.26. The number of rotatable bonds is 6. The van der Waals surface area contributed by atoms with Gasteiger partial charge in [-0.15, -0.1) is 0 Å². The van der Waals surface area contributed by atoms with Crippen molar-refractivity contribution in [2.45, 2.75) is 6.04 Å². The minimum atomic E-state index is -0.624. The topological polar surface area (TPSA) is 108 Å². The first-order chi connectivity index (χ1) is 10.5. The summed E-state index contributed by atoms with van der Waals surface area (Å²) in [5.41, 5.74) is -0.516. The number of furan rings is 1. The van der Waals surface area contributed by atoms with E-state index in [9.17, 15) is 10.1 Å². The molecule has 114 valence electrons. The van der Waals surface area contributed by atoms with Crippen LogP contribution < -0.4 is 5.32 Å². The van der Waals surface area contributed by atoms with E-state index in [2.05, 4.69) is 10.3 Å². The Balaban J connectivity index is 2.14. The van der Waals surface area contributed by atoms with Gasteiger partial charge >= 0.3 is 5.69 Å². The zero-order valence-corrected chi connectivity index (χ0v) is 12.2. The third-order valence-corrected chi connectivity index (χ3v) is 3.15. The van der Waals surface area contributed by atoms with Gasteiger partial charge in [0.25, 0.3) is 0 Å². The molecule has 0 fully saturated rings. The Morgan fingerprint density at radius 1 is 1.50 bits per heavy atom. The summed E-state index contributed by atoms with van der Waals surface area (Å²) in [4.78, 5) is 16.1. The highest BCUT2D eigenvalue weighted by Crippen LogP contribution is 2.21. The molecule has 0 saturated carbocycles. The molecular weight excluding hydrogens is 286 g/mol. The van der Waals surface area contributed by atoms with Gasteiger partial charge in [-0.2, -0.15) is 5.26 Å². The average Bonchev–Trinajstić information content (AvgIpc) is 3.00. The summed E-state index contributed by atoms with van der Waals surface area (Å²) in [6.45, 7) is 0.482. The van der Waals surface area contributed by atoms with Gasteiger partial charge in [-0.3, -0.25) is 15.0 Å². The van der Waals surface area contributed by atoms with Crippen molar-refractivity contribution in [2.75, 3.05) is 26.0 Å². The zero-order valence-electron chi connectivity index (χ0n) is 12.2. The van der Waals surface area contributed by atoms with Gasteiger partial charge in [0.1, 0.15) is 17.6 Å². The maximum absolute atomic E-state index is 10.8. The highest BCUT2D eigenvalue weighted by Gasteiger charge is 2.19. The lowest BCUT2D eigenvalue weighted by atomic mass is 10.2. The van der Waals surface area contributed by atoms with E-state index >= 15 is 0 Å². The SMILES string of the molecule is CN(C)C(CNc1ccc([N+](=O)[O-])c(C#N)n1)c1ccco1. The highest BCUT2D eigenvalue weighted by molar-refractivity contribution is 5.50. The van der Waals surface area contributed by atoms with Crippen LogP contribution in [0.25, 0.3) is 0 Å². The van der Waals surface area contributed by atoms with Gasteiger partial charge in [-0.25, -0.2) is 4.98 Å². The number of nitrogens with one attached hydrogen (secondary N) is 1. The summed E-state index contributed by atoms with van der Waals surface area (Å²) >= 11 is 0. The Bertz CT molecular complexity index is 691. The third-order valence-electron chi connectivity index (χ3n) is 3.15. The first-order valence-electron chi connectivity index (χ1n) is 6.52. The first kappa shape index (κ1) is 15.5. The van der Waals surface area contributed by atoms with Crippen molar-refractivity contribution in [3.8, 4) is 6.07 Å². The van der Waals surface area contributed by atoms with Gasteiger partial charge in [0.15, 0.2) is 0 Å². The minimum absolute atomic E-state index is 0.0301. The normalized spacial score (nSPS) is 11.9. The fourth-order valence-electron chi connectivity index (χ4n) is 2.00. The second-order valence-electron chi connectivity index (χ2n) is 4.81. The van der Waals surface area contributed by atoms with Crippen LogP contribution in [0.4, 0.5) is 11.5 Å². The molecule has 2 aromatic heterocycles. The van der Waals surface area contributed by atoms with Gasteiger partial charge in [0.05, 0.1) is 17.2 Å². The number of nitriles is 1. The van der Waals surface area contributed by atoms with Crippen molar-refractivity contribution in [3.63, 3.8) is 0 Å². The monoisotopic (exact) mass is 301 g/mol. The number of pyridine rings is 1. The van der Waals surface area contributed by atoms with Crippen LogP contribution in [0.1, 0.15) is 17.5 Å². The number of nitrogens with zero attached hydrogens (tertiary/aromatic N) is 4. The molecule has 0 aliphatic heterocycles. The smallest absolute Gasteiger partial charge is 0.305 e. The Morgan fingerprint density at radius 3 is 2.82 bits per heavy atom. The molecule has 0 amide bonds. The predicted molar refractivity (Wildman–Crippen MR) is 79.2 cm³/mol. The van der Waals surface area contributed by atoms with E-state index in [0.29, 0.717) is 12.4 Å². The fourth-order valence-corrected chi connectivity index (χ4v) is 2.00. The molecular formula is C14H15N5O3. The molecule has 1 N–H and O–H groups in total. The third kappa shape index (κ3) is 3.39. The lowest BCUT2D eigenvalue weighted by molar-refractivity contribution is -0.385. The summed E-state index contributed by atoms with van der Waals surface area (Å²) in [5.74, 6) is 1.19. The summed E-state index contributed by atoms with van der Waals surface area (Å²) in [5, 5.41) is 22.8. The summed E-state index contributed by atoms with van der Waals surface area (Å²) in [6.07, 6.45) is 1.60. The van der Waals surface area contributed by atoms with Crippen molar-refractivity contribution in [3.05, 3.63) is 52.1 Å². The minimum Gasteiger partial charge on any atom is -0.468 e. The molecule has 2 rings (SSSR count). The highest BCUT2D eigenvalue weighted by atomic mass is 16.6. The van der Waals surface area contributed by atoms with Crippen molar-refractivity contribution >= 4 is 11.5 Å². The van der Waals surface area contributed by atoms with Crippen molar-refractivity contribution in [1.29, 1.82) is 5.26 Å². The van der Waals surface area contributed by atoms with Crippen LogP contribution in [0.2, 0.25) is 0 Å². The standard InChI is InChI=1S/C14H15N5O3/c1-18(2)12(13-4-3-7-22-13)9-16-14-6-5-11(19(20)21)10(8-15)17-14/h3-7,12H,9H2,1-2H3,(H,16,17). The number of aromatic nitrogens is 1. The molecule has 0 aromatic carbocycles. The molecule has 0 bridgehead atoms. The van der Waals surface area contributed by atoms with Gasteiger partial charge < -0.3 is 9.73 Å². The number of anilines is 1. The van der Waals surface area contributed by atoms with Gasteiger partial charge in [0, 0.05) is 12.6 Å². The molecule has 0 spiro atoms. The maximum atomic E-state index is 10.8. The predicted octanol–water partition coefficient (Wildman–Crippen LogP) is 2.17. The quantitative estimate of drug-likeness (QED) is 0.643. The maximum Gasteiger partial charge on any atom is 0.305 e. The van der Waals surface area contributed by atoms with Gasteiger partial charge in [-0.1, -0.05) is 0 Å². The molecule has 0 saturated heterocycles. The van der Waals surface area contributed by atoms with Crippen LogP contribution in [0.5, 0.6) is 0 Å². The van der Waals surface area contributed by atoms with Crippen molar-refractivity contribution in [1.82, 2.24) is 9.88 Å². The van der Waals surface area contributed by atoms with E-state index in [0.717, 1.165) is 5.76 Å². The van der Waals surface area contributed by atoms with E-state index in [1.165, 1.54) is 12.1 Å². The summed E-state index contributed by atoms with van der Waals surface area (Å²) in [6, 6.07) is 8.13. The number of hydrogen-bond donors (Lipinski definition) is 1. The van der Waals surface area contributed by atoms with Crippen LogP contribution in [-0.4, -0.2) is 35.4 Å². The molecule has 22 heavy (non-hydrogen) atoms. The van der Waals surface area contributed by atoms with Crippen LogP contribution in [0, 0.1) is 21.4 Å². The molecule has 0 aliphatic rings. The van der Waals surface area contributed by atoms with Crippen molar-refractivity contribution in [2.24, 2.45) is 0 Å². The fraction of sp³-hybridized carbons (Fsp3) is 0.286. The van der Waals surface area contributed by atoms with Crippen molar-refractivity contribution < 1.29 is 9.34 Å². The van der Waals surface area contributed by atoms with Crippen LogP contribution in [0.3, 0.4) is 0 Å². The number of likely N-dealkylation sites (N-methyl/N-ethyl adjacent to an activating group) is 1. The van der Waals surface area contributed by atoms with E-state index in [1.54, 1.807) is 12.3 Å². The molecule has 2 aromatic rings. The molecule has 8 nitrogen and oxygen atoms in total. The van der Waals surface area contributed by atoms with Gasteiger partial charge in [-0.05, 0) is 32.3 Å². The Morgan fingerprint density at radius 2 is 2.27 bits per heavy atom. The van der Waals surface area contributed by atoms with Gasteiger partial charge in [0.2, 0.25) is 5.69 Å². The Labute approximate surface area is 127 Å². The molecule has 1 unspecified atom stereocenters. The van der Waals surface area contributed by atoms with E-state index in [4.69, 9.17) is 9.68 Å². The molecule has 0 aliphatic carbocycles. The second kappa shape index (κ2) is 6.69. The van der Waals surface area contributed by atoms with Crippen LogP contribution in [-0.2, 0) is 0 Å². The summed E-state index contributed by atoms with van der Waals surface area (Å²) in [7, 11) is 3.83. The number of hydrogen-bond acceptors (Lipinski definition) is 7. The second-order valence-corrected chi connectivity index (χ2v) is 4.81. The van der Waals surface area contributed by atoms with E-state index in [-0.39, 0.29) is 17.4 Å².